The molecule has 0 fully saturated rings. The second-order valence-electron chi connectivity index (χ2n) is 4.14. The number of nitrogen functional groups attached to an aromatic ring is 1. The van der Waals surface area contributed by atoms with E-state index in [0.717, 1.165) is 5.56 Å². The number of para-hydroxylation sites is 1. The highest BCUT2D eigenvalue weighted by Crippen LogP contribution is 2.20. The van der Waals surface area contributed by atoms with Crippen LogP contribution in [-0.4, -0.2) is 18.0 Å². The van der Waals surface area contributed by atoms with E-state index >= 15 is 0 Å². The zero-order chi connectivity index (χ0) is 14.5. The van der Waals surface area contributed by atoms with Gasteiger partial charge >= 0.3 is 0 Å². The van der Waals surface area contributed by atoms with Crippen LogP contribution in [0.4, 0.5) is 11.4 Å². The highest BCUT2D eigenvalue weighted by Gasteiger charge is 2.13. The lowest BCUT2D eigenvalue weighted by Gasteiger charge is -2.11. The molecule has 0 atom stereocenters. The first-order chi connectivity index (χ1) is 9.61. The number of carbonyl (C=O) groups excluding carboxylic acids is 1. The molecule has 0 saturated carbocycles. The van der Waals surface area contributed by atoms with Crippen molar-refractivity contribution >= 4 is 28.9 Å². The number of ether oxygens (including phenoxy) is 1. The van der Waals surface area contributed by atoms with E-state index in [4.69, 9.17) is 22.1 Å². The van der Waals surface area contributed by atoms with Gasteiger partial charge in [0, 0.05) is 18.4 Å². The standard InChI is InChI=1S/C14H14ClN3O2/c1-20-8-9-4-2-3-5-12(9)18-14(19)10-6-13(15)17-7-11(10)16/h2-7H,8,16H2,1H3,(H,18,19). The van der Waals surface area contributed by atoms with E-state index < -0.39 is 0 Å². The lowest BCUT2D eigenvalue weighted by atomic mass is 10.1. The third-order valence-corrected chi connectivity index (χ3v) is 2.92. The molecule has 3 N–H and O–H groups in total. The van der Waals surface area contributed by atoms with E-state index in [-0.39, 0.29) is 22.3 Å². The van der Waals surface area contributed by atoms with Crippen molar-refractivity contribution in [2.75, 3.05) is 18.2 Å². The molecule has 0 aliphatic heterocycles. The Labute approximate surface area is 121 Å². The van der Waals surface area contributed by atoms with Crippen molar-refractivity contribution < 1.29 is 9.53 Å². The fourth-order valence-electron chi connectivity index (χ4n) is 1.75. The second kappa shape index (κ2) is 6.36. The lowest BCUT2D eigenvalue weighted by molar-refractivity contribution is 0.102. The predicted octanol–water partition coefficient (Wildman–Crippen LogP) is 2.72. The zero-order valence-electron chi connectivity index (χ0n) is 10.9. The summed E-state index contributed by atoms with van der Waals surface area (Å²) in [6.07, 6.45) is 1.36. The predicted molar refractivity (Wildman–Crippen MR) is 78.8 cm³/mol. The highest BCUT2D eigenvalue weighted by molar-refractivity contribution is 6.30. The number of anilines is 2. The van der Waals surface area contributed by atoms with Crippen LogP contribution in [0.25, 0.3) is 0 Å². The zero-order valence-corrected chi connectivity index (χ0v) is 11.6. The molecular formula is C14H14ClN3O2. The van der Waals surface area contributed by atoms with E-state index in [1.807, 2.05) is 18.2 Å². The fraction of sp³-hybridized carbons (Fsp3) is 0.143. The Bertz CT molecular complexity index is 632. The Morgan fingerprint density at radius 2 is 2.20 bits per heavy atom. The number of nitrogens with two attached hydrogens (primary N) is 1. The normalized spacial score (nSPS) is 10.3. The molecule has 2 aromatic rings. The highest BCUT2D eigenvalue weighted by atomic mass is 35.5. The van der Waals surface area contributed by atoms with Crippen LogP contribution in [0.15, 0.2) is 36.5 Å². The Morgan fingerprint density at radius 1 is 1.45 bits per heavy atom. The van der Waals surface area contributed by atoms with Crippen molar-refractivity contribution in [2.45, 2.75) is 6.61 Å². The average Bonchev–Trinajstić information content (AvgIpc) is 2.44. The Hall–Kier alpha value is -2.11. The van der Waals surface area contributed by atoms with Crippen LogP contribution in [0.1, 0.15) is 15.9 Å². The van der Waals surface area contributed by atoms with Crippen LogP contribution in [0.2, 0.25) is 5.15 Å². The van der Waals surface area contributed by atoms with Crippen LogP contribution < -0.4 is 11.1 Å². The summed E-state index contributed by atoms with van der Waals surface area (Å²) in [7, 11) is 1.60. The minimum Gasteiger partial charge on any atom is -0.397 e. The second-order valence-corrected chi connectivity index (χ2v) is 4.53. The summed E-state index contributed by atoms with van der Waals surface area (Å²) in [5.74, 6) is -0.338. The molecule has 0 aliphatic carbocycles. The van der Waals surface area contributed by atoms with Gasteiger partial charge in [-0.05, 0) is 12.1 Å². The number of benzene rings is 1. The summed E-state index contributed by atoms with van der Waals surface area (Å²) in [6.45, 7) is 0.406. The molecule has 0 saturated heterocycles. The summed E-state index contributed by atoms with van der Waals surface area (Å²) in [5, 5.41) is 3.01. The topological polar surface area (TPSA) is 77.2 Å². The van der Waals surface area contributed by atoms with Crippen molar-refractivity contribution in [3.05, 3.63) is 52.8 Å². The van der Waals surface area contributed by atoms with Gasteiger partial charge in [-0.2, -0.15) is 0 Å². The molecule has 1 amide bonds. The van der Waals surface area contributed by atoms with Crippen molar-refractivity contribution in [1.82, 2.24) is 4.98 Å². The molecule has 1 aromatic carbocycles. The van der Waals surface area contributed by atoms with E-state index in [9.17, 15) is 4.79 Å². The number of nitrogens with zero attached hydrogens (tertiary/aromatic N) is 1. The van der Waals surface area contributed by atoms with Crippen molar-refractivity contribution in [1.29, 1.82) is 0 Å². The van der Waals surface area contributed by atoms with Crippen LogP contribution >= 0.6 is 11.6 Å². The largest absolute Gasteiger partial charge is 0.397 e. The number of amides is 1. The van der Waals surface area contributed by atoms with Gasteiger partial charge < -0.3 is 15.8 Å². The van der Waals surface area contributed by atoms with Crippen molar-refractivity contribution in [3.63, 3.8) is 0 Å². The molecule has 6 heteroatoms. The van der Waals surface area contributed by atoms with Gasteiger partial charge in [-0.3, -0.25) is 4.79 Å². The summed E-state index contributed by atoms with van der Waals surface area (Å²) in [6, 6.07) is 8.82. The van der Waals surface area contributed by atoms with Gasteiger partial charge in [0.15, 0.2) is 0 Å². The van der Waals surface area contributed by atoms with Crippen molar-refractivity contribution in [3.8, 4) is 0 Å². The number of pyridine rings is 1. The van der Waals surface area contributed by atoms with Crippen LogP contribution in [0.5, 0.6) is 0 Å². The molecule has 0 bridgehead atoms. The van der Waals surface area contributed by atoms with Gasteiger partial charge in [-0.15, -0.1) is 0 Å². The number of nitrogens with one attached hydrogen (secondary N) is 1. The Balaban J connectivity index is 2.26. The quantitative estimate of drug-likeness (QED) is 0.849. The first kappa shape index (κ1) is 14.3. The minimum absolute atomic E-state index is 0.217. The van der Waals surface area contributed by atoms with Crippen LogP contribution in [-0.2, 0) is 11.3 Å². The number of methoxy groups -OCH3 is 1. The monoisotopic (exact) mass is 291 g/mol. The first-order valence-electron chi connectivity index (χ1n) is 5.91. The van der Waals surface area contributed by atoms with Gasteiger partial charge in [-0.1, -0.05) is 29.8 Å². The average molecular weight is 292 g/mol. The van der Waals surface area contributed by atoms with Crippen LogP contribution in [0, 0.1) is 0 Å². The van der Waals surface area contributed by atoms with Gasteiger partial charge in [0.05, 0.1) is 24.1 Å². The first-order valence-corrected chi connectivity index (χ1v) is 6.29. The van der Waals surface area contributed by atoms with Gasteiger partial charge in [0.2, 0.25) is 0 Å². The number of hydrogen-bond donors (Lipinski definition) is 2. The van der Waals surface area contributed by atoms with Gasteiger partial charge in [-0.25, -0.2) is 4.98 Å². The summed E-state index contributed by atoms with van der Waals surface area (Å²) >= 11 is 5.78. The third kappa shape index (κ3) is 3.26. The molecule has 104 valence electrons. The SMILES string of the molecule is COCc1ccccc1NC(=O)c1cc(Cl)ncc1N. The molecule has 0 aliphatic rings. The molecule has 0 unspecified atom stereocenters. The number of carbonyl (C=O) groups is 1. The lowest BCUT2D eigenvalue weighted by Crippen LogP contribution is -2.15. The summed E-state index contributed by atoms with van der Waals surface area (Å²) < 4.78 is 5.09. The van der Waals surface area contributed by atoms with Crippen LogP contribution in [0.3, 0.4) is 0 Å². The molecule has 0 spiro atoms. The van der Waals surface area contributed by atoms with E-state index in [2.05, 4.69) is 10.3 Å². The smallest absolute Gasteiger partial charge is 0.257 e. The maximum atomic E-state index is 12.2. The number of rotatable bonds is 4. The molecule has 5 nitrogen and oxygen atoms in total. The molecule has 0 radical (unpaired) electrons. The molecule has 2 rings (SSSR count). The molecular weight excluding hydrogens is 278 g/mol. The molecule has 20 heavy (non-hydrogen) atoms. The Kier molecular flexibility index (Phi) is 4.55. The number of halogens is 1. The molecule has 1 heterocycles. The summed E-state index contributed by atoms with van der Waals surface area (Å²) in [5.41, 5.74) is 7.85. The fourth-order valence-corrected chi connectivity index (χ4v) is 1.91. The Morgan fingerprint density at radius 3 is 2.95 bits per heavy atom. The maximum Gasteiger partial charge on any atom is 0.257 e. The van der Waals surface area contributed by atoms with Gasteiger partial charge in [0.1, 0.15) is 5.15 Å². The maximum absolute atomic E-state index is 12.2. The van der Waals surface area contributed by atoms with E-state index in [1.165, 1.54) is 12.3 Å². The summed E-state index contributed by atoms with van der Waals surface area (Å²) in [4.78, 5) is 16.0. The minimum atomic E-state index is -0.338. The third-order valence-electron chi connectivity index (χ3n) is 2.71. The number of aromatic nitrogens is 1. The van der Waals surface area contributed by atoms with Crippen molar-refractivity contribution in [2.24, 2.45) is 0 Å². The van der Waals surface area contributed by atoms with E-state index in [1.54, 1.807) is 13.2 Å². The van der Waals surface area contributed by atoms with E-state index in [0.29, 0.717) is 12.3 Å². The number of hydrogen-bond acceptors (Lipinski definition) is 4. The van der Waals surface area contributed by atoms with Gasteiger partial charge in [0.25, 0.3) is 5.91 Å². The molecule has 1 aromatic heterocycles.